The number of ether oxygens (including phenoxy) is 3. The second kappa shape index (κ2) is 8.45. The van der Waals surface area contributed by atoms with Crippen LogP contribution < -0.4 is 5.32 Å². The van der Waals surface area contributed by atoms with Gasteiger partial charge in [-0.1, -0.05) is 6.92 Å². The van der Waals surface area contributed by atoms with E-state index in [1.54, 1.807) is 6.92 Å². The molecule has 5 heteroatoms. The summed E-state index contributed by atoms with van der Waals surface area (Å²) in [6.07, 6.45) is 2.20. The Hall–Kier alpha value is -0.650. The molecule has 1 aliphatic heterocycles. The maximum Gasteiger partial charge on any atom is 0.332 e. The fourth-order valence-corrected chi connectivity index (χ4v) is 1.93. The van der Waals surface area contributed by atoms with Crippen LogP contribution in [0, 0.1) is 5.41 Å². The molecule has 0 aromatic heterocycles. The zero-order valence-electron chi connectivity index (χ0n) is 11.5. The van der Waals surface area contributed by atoms with E-state index in [1.807, 2.05) is 0 Å². The molecule has 0 aliphatic carbocycles. The van der Waals surface area contributed by atoms with Gasteiger partial charge in [-0.15, -0.1) is 0 Å². The Bertz CT molecular complexity index is 239. The third-order valence-electron chi connectivity index (χ3n) is 3.20. The molecule has 1 heterocycles. The molecule has 1 fully saturated rings. The fourth-order valence-electron chi connectivity index (χ4n) is 1.93. The van der Waals surface area contributed by atoms with Gasteiger partial charge < -0.3 is 19.5 Å². The molecule has 1 rings (SSSR count). The largest absolute Gasteiger partial charge is 0.464 e. The molecule has 0 spiro atoms. The zero-order valence-corrected chi connectivity index (χ0v) is 11.5. The van der Waals surface area contributed by atoms with Gasteiger partial charge in [0, 0.05) is 26.3 Å². The summed E-state index contributed by atoms with van der Waals surface area (Å²) in [4.78, 5) is 11.0. The standard InChI is InChI=1S/C13H25NO4/c1-3-18-12(15)10-17-9-6-14-11-13(2)4-7-16-8-5-13/h14H,3-11H2,1-2H3. The van der Waals surface area contributed by atoms with Crippen molar-refractivity contribution in [1.29, 1.82) is 0 Å². The molecular weight excluding hydrogens is 234 g/mol. The van der Waals surface area contributed by atoms with Gasteiger partial charge >= 0.3 is 5.97 Å². The number of rotatable bonds is 8. The molecule has 0 bridgehead atoms. The highest BCUT2D eigenvalue weighted by Gasteiger charge is 2.26. The minimum absolute atomic E-state index is 0.0423. The van der Waals surface area contributed by atoms with Crippen molar-refractivity contribution in [1.82, 2.24) is 5.32 Å². The van der Waals surface area contributed by atoms with Crippen LogP contribution in [0.3, 0.4) is 0 Å². The molecule has 0 aromatic carbocycles. The first kappa shape index (κ1) is 15.4. The molecule has 0 amide bonds. The SMILES string of the molecule is CCOC(=O)COCCNCC1(C)CCOCC1. The van der Waals surface area contributed by atoms with E-state index < -0.39 is 0 Å². The van der Waals surface area contributed by atoms with Crippen LogP contribution in [-0.2, 0) is 19.0 Å². The lowest BCUT2D eigenvalue weighted by molar-refractivity contribution is -0.148. The Labute approximate surface area is 109 Å². The van der Waals surface area contributed by atoms with E-state index in [1.165, 1.54) is 0 Å². The first-order valence-electron chi connectivity index (χ1n) is 6.68. The molecule has 0 atom stereocenters. The van der Waals surface area contributed by atoms with Crippen molar-refractivity contribution < 1.29 is 19.0 Å². The smallest absolute Gasteiger partial charge is 0.332 e. The topological polar surface area (TPSA) is 56.8 Å². The van der Waals surface area contributed by atoms with Crippen molar-refractivity contribution in [3.05, 3.63) is 0 Å². The van der Waals surface area contributed by atoms with Crippen LogP contribution in [0.15, 0.2) is 0 Å². The van der Waals surface area contributed by atoms with Crippen LogP contribution in [0.2, 0.25) is 0 Å². The van der Waals surface area contributed by atoms with E-state index in [9.17, 15) is 4.79 Å². The van der Waals surface area contributed by atoms with E-state index in [-0.39, 0.29) is 12.6 Å². The summed E-state index contributed by atoms with van der Waals surface area (Å²) in [7, 11) is 0. The van der Waals surface area contributed by atoms with Gasteiger partial charge in [0.05, 0.1) is 13.2 Å². The van der Waals surface area contributed by atoms with E-state index in [2.05, 4.69) is 12.2 Å². The van der Waals surface area contributed by atoms with E-state index in [0.717, 1.165) is 39.1 Å². The van der Waals surface area contributed by atoms with Gasteiger partial charge in [-0.3, -0.25) is 0 Å². The number of hydrogen-bond donors (Lipinski definition) is 1. The Morgan fingerprint density at radius 1 is 1.39 bits per heavy atom. The van der Waals surface area contributed by atoms with Crippen LogP contribution in [0.25, 0.3) is 0 Å². The highest BCUT2D eigenvalue weighted by atomic mass is 16.6. The first-order valence-corrected chi connectivity index (χ1v) is 6.68. The molecule has 1 aliphatic rings. The van der Waals surface area contributed by atoms with Crippen LogP contribution in [0.1, 0.15) is 26.7 Å². The lowest BCUT2D eigenvalue weighted by Gasteiger charge is -2.33. The lowest BCUT2D eigenvalue weighted by Crippen LogP contribution is -2.38. The summed E-state index contributed by atoms with van der Waals surface area (Å²) in [5.74, 6) is -0.297. The first-order chi connectivity index (χ1) is 8.66. The fraction of sp³-hybridized carbons (Fsp3) is 0.923. The van der Waals surface area contributed by atoms with Crippen LogP contribution >= 0.6 is 0 Å². The maximum atomic E-state index is 11.0. The molecule has 5 nitrogen and oxygen atoms in total. The molecule has 1 N–H and O–H groups in total. The quantitative estimate of drug-likeness (QED) is 0.520. The highest BCUT2D eigenvalue weighted by molar-refractivity contribution is 5.70. The van der Waals surface area contributed by atoms with E-state index >= 15 is 0 Å². The predicted molar refractivity (Wildman–Crippen MR) is 68.5 cm³/mol. The van der Waals surface area contributed by atoms with E-state index in [4.69, 9.17) is 14.2 Å². The zero-order chi connectivity index (χ0) is 13.3. The van der Waals surface area contributed by atoms with Crippen LogP contribution in [0.5, 0.6) is 0 Å². The second-order valence-electron chi connectivity index (χ2n) is 4.96. The molecule has 0 unspecified atom stereocenters. The summed E-state index contributed by atoms with van der Waals surface area (Å²) >= 11 is 0. The lowest BCUT2D eigenvalue weighted by atomic mass is 9.82. The molecule has 0 radical (unpaired) electrons. The third-order valence-corrected chi connectivity index (χ3v) is 3.20. The third kappa shape index (κ3) is 6.33. The Morgan fingerprint density at radius 3 is 2.78 bits per heavy atom. The number of nitrogens with one attached hydrogen (secondary N) is 1. The summed E-state index contributed by atoms with van der Waals surface area (Å²) in [6.45, 7) is 8.49. The van der Waals surface area contributed by atoms with Gasteiger partial charge in [-0.2, -0.15) is 0 Å². The summed E-state index contributed by atoms with van der Waals surface area (Å²) in [5.41, 5.74) is 0.333. The van der Waals surface area contributed by atoms with Gasteiger partial charge in [0.25, 0.3) is 0 Å². The summed E-state index contributed by atoms with van der Waals surface area (Å²) < 4.78 is 15.3. The Morgan fingerprint density at radius 2 is 2.11 bits per heavy atom. The Balaban J connectivity index is 1.96. The predicted octanol–water partition coefficient (Wildman–Crippen LogP) is 0.972. The Kier molecular flexibility index (Phi) is 7.23. The van der Waals surface area contributed by atoms with Crippen LogP contribution in [-0.4, -0.2) is 52.1 Å². The molecule has 106 valence electrons. The number of hydrogen-bond acceptors (Lipinski definition) is 5. The van der Waals surface area contributed by atoms with Crippen molar-refractivity contribution in [2.45, 2.75) is 26.7 Å². The number of esters is 1. The number of carbonyl (C=O) groups excluding carboxylic acids is 1. The van der Waals surface area contributed by atoms with Gasteiger partial charge in [0.2, 0.25) is 0 Å². The molecule has 0 aromatic rings. The minimum Gasteiger partial charge on any atom is -0.464 e. The minimum atomic E-state index is -0.297. The van der Waals surface area contributed by atoms with Gasteiger partial charge in [0.15, 0.2) is 0 Å². The molecular formula is C13H25NO4. The van der Waals surface area contributed by atoms with Crippen molar-refractivity contribution in [3.63, 3.8) is 0 Å². The van der Waals surface area contributed by atoms with Crippen molar-refractivity contribution in [2.75, 3.05) is 46.1 Å². The van der Waals surface area contributed by atoms with Gasteiger partial charge in [-0.25, -0.2) is 4.79 Å². The number of carbonyl (C=O) groups is 1. The van der Waals surface area contributed by atoms with Gasteiger partial charge in [-0.05, 0) is 25.2 Å². The average Bonchev–Trinajstić information content (AvgIpc) is 2.35. The molecule has 18 heavy (non-hydrogen) atoms. The van der Waals surface area contributed by atoms with Crippen LogP contribution in [0.4, 0.5) is 0 Å². The monoisotopic (exact) mass is 259 g/mol. The van der Waals surface area contributed by atoms with E-state index in [0.29, 0.717) is 18.6 Å². The van der Waals surface area contributed by atoms with Crippen molar-refractivity contribution in [3.8, 4) is 0 Å². The molecule has 1 saturated heterocycles. The van der Waals surface area contributed by atoms with Crippen molar-refractivity contribution >= 4 is 5.97 Å². The van der Waals surface area contributed by atoms with Crippen molar-refractivity contribution in [2.24, 2.45) is 5.41 Å². The molecule has 0 saturated carbocycles. The summed E-state index contributed by atoms with van der Waals surface area (Å²) in [6, 6.07) is 0. The average molecular weight is 259 g/mol. The maximum absolute atomic E-state index is 11.0. The summed E-state index contributed by atoms with van der Waals surface area (Å²) in [5, 5.41) is 3.37. The normalized spacial score (nSPS) is 18.6. The second-order valence-corrected chi connectivity index (χ2v) is 4.96. The highest BCUT2D eigenvalue weighted by Crippen LogP contribution is 2.28. The van der Waals surface area contributed by atoms with Gasteiger partial charge in [0.1, 0.15) is 6.61 Å².